The molecule has 2 heterocycles. The van der Waals surface area contributed by atoms with Crippen LogP contribution in [0.25, 0.3) is 0 Å². The highest BCUT2D eigenvalue weighted by Crippen LogP contribution is 2.19. The van der Waals surface area contributed by atoms with Gasteiger partial charge in [0.1, 0.15) is 6.04 Å². The highest BCUT2D eigenvalue weighted by atomic mass is 35.5. The zero-order valence-electron chi connectivity index (χ0n) is 11.2. The van der Waals surface area contributed by atoms with E-state index in [4.69, 9.17) is 5.11 Å². The number of rotatable bonds is 5. The van der Waals surface area contributed by atoms with Gasteiger partial charge in [-0.1, -0.05) is 6.07 Å². The third kappa shape index (κ3) is 4.19. The Morgan fingerprint density at radius 3 is 2.95 bits per heavy atom. The molecule has 1 aromatic rings. The minimum Gasteiger partial charge on any atom is -0.480 e. The molecule has 0 bridgehead atoms. The summed E-state index contributed by atoms with van der Waals surface area (Å²) in [5.74, 6) is -0.953. The quantitative estimate of drug-likeness (QED) is 0.870. The molecule has 0 aliphatic carbocycles. The number of aliphatic carboxylic acids is 1. The van der Waals surface area contributed by atoms with Gasteiger partial charge in [0.15, 0.2) is 0 Å². The number of nitrogens with one attached hydrogen (secondary N) is 1. The Morgan fingerprint density at radius 1 is 1.60 bits per heavy atom. The van der Waals surface area contributed by atoms with Crippen LogP contribution in [0.4, 0.5) is 0 Å². The summed E-state index contributed by atoms with van der Waals surface area (Å²) in [6.07, 6.45) is 1.47. The highest BCUT2D eigenvalue weighted by Gasteiger charge is 2.31. The van der Waals surface area contributed by atoms with Crippen molar-refractivity contribution in [3.8, 4) is 0 Å². The zero-order chi connectivity index (χ0) is 13.8. The van der Waals surface area contributed by atoms with Gasteiger partial charge in [0.05, 0.1) is 12.6 Å². The summed E-state index contributed by atoms with van der Waals surface area (Å²) >= 11 is 1.60. The predicted molar refractivity (Wildman–Crippen MR) is 80.4 cm³/mol. The van der Waals surface area contributed by atoms with Crippen molar-refractivity contribution >= 4 is 35.6 Å². The van der Waals surface area contributed by atoms with Crippen LogP contribution < -0.4 is 5.32 Å². The Kier molecular flexibility index (Phi) is 6.45. The summed E-state index contributed by atoms with van der Waals surface area (Å²) in [5, 5.41) is 13.9. The molecule has 0 aromatic carbocycles. The molecular formula is C13H19ClN2O3S. The third-order valence-electron chi connectivity index (χ3n) is 3.34. The number of amides is 1. The van der Waals surface area contributed by atoms with Gasteiger partial charge in [0, 0.05) is 4.88 Å². The molecule has 0 radical (unpaired) electrons. The first-order valence-electron chi connectivity index (χ1n) is 6.37. The monoisotopic (exact) mass is 318 g/mol. The minimum atomic E-state index is -0.836. The van der Waals surface area contributed by atoms with E-state index >= 15 is 0 Å². The number of carboxylic acids is 1. The van der Waals surface area contributed by atoms with Gasteiger partial charge in [0.25, 0.3) is 0 Å². The van der Waals surface area contributed by atoms with Crippen LogP contribution in [0.3, 0.4) is 0 Å². The van der Waals surface area contributed by atoms with E-state index in [1.165, 1.54) is 0 Å². The molecule has 0 spiro atoms. The van der Waals surface area contributed by atoms with Crippen LogP contribution >= 0.6 is 23.7 Å². The van der Waals surface area contributed by atoms with E-state index in [-0.39, 0.29) is 30.9 Å². The maximum absolute atomic E-state index is 11.9. The third-order valence-corrected chi connectivity index (χ3v) is 4.40. The average Bonchev–Trinajstić information content (AvgIpc) is 2.98. The maximum Gasteiger partial charge on any atom is 0.320 e. The summed E-state index contributed by atoms with van der Waals surface area (Å²) in [7, 11) is 0. The van der Waals surface area contributed by atoms with Gasteiger partial charge in [-0.05, 0) is 37.8 Å². The lowest BCUT2D eigenvalue weighted by Crippen LogP contribution is -2.43. The van der Waals surface area contributed by atoms with Crippen LogP contribution in [-0.4, -0.2) is 41.0 Å². The van der Waals surface area contributed by atoms with E-state index in [0.717, 1.165) is 11.3 Å². The largest absolute Gasteiger partial charge is 0.480 e. The fraction of sp³-hybridized carbons (Fsp3) is 0.538. The lowest BCUT2D eigenvalue weighted by Gasteiger charge is -2.21. The van der Waals surface area contributed by atoms with Crippen molar-refractivity contribution in [1.29, 1.82) is 0 Å². The Bertz CT molecular complexity index is 452. The number of halogens is 1. The van der Waals surface area contributed by atoms with Gasteiger partial charge < -0.3 is 10.4 Å². The van der Waals surface area contributed by atoms with Crippen molar-refractivity contribution in [3.05, 3.63) is 22.4 Å². The second-order valence-corrected chi connectivity index (χ2v) is 5.75. The molecule has 5 nitrogen and oxygen atoms in total. The molecule has 1 fully saturated rings. The predicted octanol–water partition coefficient (Wildman–Crippen LogP) is 1.90. The van der Waals surface area contributed by atoms with Crippen molar-refractivity contribution < 1.29 is 14.7 Å². The number of hydrogen-bond donors (Lipinski definition) is 2. The number of nitrogens with zero attached hydrogens (tertiary/aromatic N) is 1. The topological polar surface area (TPSA) is 69.6 Å². The lowest BCUT2D eigenvalue weighted by atomic mass is 10.2. The van der Waals surface area contributed by atoms with E-state index in [2.05, 4.69) is 5.32 Å². The first kappa shape index (κ1) is 16.9. The van der Waals surface area contributed by atoms with Crippen LogP contribution in [-0.2, 0) is 9.59 Å². The van der Waals surface area contributed by atoms with Crippen molar-refractivity contribution in [2.24, 2.45) is 0 Å². The fourth-order valence-corrected chi connectivity index (χ4v) is 3.11. The molecule has 112 valence electrons. The smallest absolute Gasteiger partial charge is 0.320 e. The summed E-state index contributed by atoms with van der Waals surface area (Å²) in [6, 6.07) is 3.39. The summed E-state index contributed by atoms with van der Waals surface area (Å²) in [6.45, 7) is 2.77. The number of carboxylic acid groups (broad SMARTS) is 1. The normalized spacial score (nSPS) is 20.1. The van der Waals surface area contributed by atoms with Crippen LogP contribution in [0.1, 0.15) is 30.7 Å². The molecule has 20 heavy (non-hydrogen) atoms. The Labute approximate surface area is 128 Å². The Hall–Kier alpha value is -1.11. The van der Waals surface area contributed by atoms with E-state index in [9.17, 15) is 9.59 Å². The van der Waals surface area contributed by atoms with Gasteiger partial charge in [-0.3, -0.25) is 14.5 Å². The lowest BCUT2D eigenvalue weighted by molar-refractivity contribution is -0.142. The van der Waals surface area contributed by atoms with Gasteiger partial charge >= 0.3 is 5.97 Å². The van der Waals surface area contributed by atoms with Crippen LogP contribution in [0, 0.1) is 0 Å². The van der Waals surface area contributed by atoms with Crippen molar-refractivity contribution in [2.45, 2.75) is 31.8 Å². The summed E-state index contributed by atoms with van der Waals surface area (Å²) in [4.78, 5) is 25.8. The first-order valence-corrected chi connectivity index (χ1v) is 7.25. The van der Waals surface area contributed by atoms with E-state index in [1.54, 1.807) is 16.2 Å². The molecule has 1 unspecified atom stereocenters. The van der Waals surface area contributed by atoms with Gasteiger partial charge in [-0.15, -0.1) is 23.7 Å². The average molecular weight is 319 g/mol. The Balaban J connectivity index is 0.00000200. The molecule has 1 amide bonds. The number of hydrogen-bond acceptors (Lipinski definition) is 4. The molecule has 0 saturated carbocycles. The molecular weight excluding hydrogens is 300 g/mol. The number of likely N-dealkylation sites (tertiary alicyclic amines) is 1. The van der Waals surface area contributed by atoms with Gasteiger partial charge in [0.2, 0.25) is 5.91 Å². The minimum absolute atomic E-state index is 0. The molecule has 7 heteroatoms. The molecule has 1 aromatic heterocycles. The zero-order valence-corrected chi connectivity index (χ0v) is 12.9. The molecule has 1 aliphatic rings. The van der Waals surface area contributed by atoms with E-state index < -0.39 is 12.0 Å². The second-order valence-electron chi connectivity index (χ2n) is 4.77. The Morgan fingerprint density at radius 2 is 2.35 bits per heavy atom. The number of carbonyl (C=O) groups excluding carboxylic acids is 1. The molecule has 1 aliphatic heterocycles. The van der Waals surface area contributed by atoms with Crippen molar-refractivity contribution in [3.63, 3.8) is 0 Å². The van der Waals surface area contributed by atoms with Gasteiger partial charge in [-0.2, -0.15) is 0 Å². The van der Waals surface area contributed by atoms with Crippen molar-refractivity contribution in [1.82, 2.24) is 10.2 Å². The number of thiophene rings is 1. The maximum atomic E-state index is 11.9. The van der Waals surface area contributed by atoms with Crippen LogP contribution in [0.5, 0.6) is 0 Å². The molecule has 2 rings (SSSR count). The molecule has 2 atom stereocenters. The van der Waals surface area contributed by atoms with Crippen molar-refractivity contribution in [2.75, 3.05) is 13.1 Å². The molecule has 2 N–H and O–H groups in total. The van der Waals surface area contributed by atoms with E-state index in [0.29, 0.717) is 13.0 Å². The van der Waals surface area contributed by atoms with E-state index in [1.807, 2.05) is 24.4 Å². The van der Waals surface area contributed by atoms with Crippen LogP contribution in [0.15, 0.2) is 17.5 Å². The first-order chi connectivity index (χ1) is 9.08. The summed E-state index contributed by atoms with van der Waals surface area (Å²) < 4.78 is 0. The summed E-state index contributed by atoms with van der Waals surface area (Å²) in [5.41, 5.74) is 0. The van der Waals surface area contributed by atoms with Gasteiger partial charge in [-0.25, -0.2) is 0 Å². The number of carbonyl (C=O) groups is 2. The molecule has 1 saturated heterocycles. The van der Waals surface area contributed by atoms with Crippen LogP contribution in [0.2, 0.25) is 0 Å². The highest BCUT2D eigenvalue weighted by molar-refractivity contribution is 7.10. The SMILES string of the molecule is CC(NC(=O)CN1CCC[C@@H]1C(=O)O)c1cccs1.Cl. The second kappa shape index (κ2) is 7.61. The fourth-order valence-electron chi connectivity index (χ4n) is 2.38. The standard InChI is InChI=1S/C13H18N2O3S.ClH/c1-9(11-5-3-7-19-11)14-12(16)8-15-6-2-4-10(15)13(17)18;/h3,5,7,9-10H,2,4,6,8H2,1H3,(H,14,16)(H,17,18);1H/t9?,10-;/m1./s1.